The zero-order valence-corrected chi connectivity index (χ0v) is 15.2. The smallest absolute Gasteiger partial charge is 0.308 e. The van der Waals surface area contributed by atoms with Crippen molar-refractivity contribution >= 4 is 39.2 Å². The van der Waals surface area contributed by atoms with E-state index in [0.717, 1.165) is 15.6 Å². The molecule has 25 heavy (non-hydrogen) atoms. The molecule has 1 heterocycles. The Hall–Kier alpha value is -2.47. The number of amides is 1. The lowest BCUT2D eigenvalue weighted by Gasteiger charge is -2.12. The third kappa shape index (κ3) is 3.96. The van der Waals surface area contributed by atoms with Crippen LogP contribution < -0.4 is 5.32 Å². The minimum atomic E-state index is -1.21. The summed E-state index contributed by atoms with van der Waals surface area (Å²) < 4.78 is 6.15. The number of carbonyl (C=O) groups is 2. The van der Waals surface area contributed by atoms with E-state index in [-0.39, 0.29) is 6.42 Å². The van der Waals surface area contributed by atoms with E-state index in [1.807, 2.05) is 49.4 Å². The number of hydrogen-bond donors (Lipinski definition) is 1. The van der Waals surface area contributed by atoms with Crippen molar-refractivity contribution in [3.8, 4) is 0 Å². The van der Waals surface area contributed by atoms with Crippen molar-refractivity contribution in [3.63, 3.8) is 0 Å². The van der Waals surface area contributed by atoms with Gasteiger partial charge < -0.3 is 10.1 Å². The number of benzene rings is 2. The quantitative estimate of drug-likeness (QED) is 0.790. The maximum Gasteiger partial charge on any atom is 0.308 e. The molecule has 1 amide bonds. The predicted molar refractivity (Wildman–Crippen MR) is 99.6 cm³/mol. The summed E-state index contributed by atoms with van der Waals surface area (Å²) >= 11 is 3.45. The number of nitrogens with zero attached hydrogens (tertiary/aromatic N) is 1. The molecule has 2 aromatic carbocycles. The van der Waals surface area contributed by atoms with Gasteiger partial charge in [0.25, 0.3) is 12.1 Å². The number of esters is 1. The first kappa shape index (κ1) is 17.4. The van der Waals surface area contributed by atoms with Crippen LogP contribution in [0.2, 0.25) is 0 Å². The molecule has 3 rings (SSSR count). The highest BCUT2D eigenvalue weighted by Crippen LogP contribution is 2.27. The fourth-order valence-corrected chi connectivity index (χ4v) is 2.92. The lowest BCUT2D eigenvalue weighted by Crippen LogP contribution is -2.30. The molecule has 6 heteroatoms. The molecule has 0 bridgehead atoms. The van der Waals surface area contributed by atoms with Crippen LogP contribution in [0.1, 0.15) is 30.9 Å². The summed E-state index contributed by atoms with van der Waals surface area (Å²) in [5.74, 6) is -0.898. The molecule has 5 nitrogen and oxygen atoms in total. The van der Waals surface area contributed by atoms with Crippen LogP contribution in [0.5, 0.6) is 0 Å². The highest BCUT2D eigenvalue weighted by molar-refractivity contribution is 9.10. The van der Waals surface area contributed by atoms with Crippen LogP contribution in [0, 0.1) is 0 Å². The number of carbonyl (C=O) groups excluding carboxylic acids is 2. The van der Waals surface area contributed by atoms with Crippen LogP contribution in [0.15, 0.2) is 58.0 Å². The Balaban J connectivity index is 2.08. The molecule has 1 aliphatic heterocycles. The molecule has 0 radical (unpaired) electrons. The molecule has 0 aromatic heterocycles. The van der Waals surface area contributed by atoms with Crippen LogP contribution >= 0.6 is 15.9 Å². The Morgan fingerprint density at radius 2 is 2.00 bits per heavy atom. The molecule has 128 valence electrons. The summed E-state index contributed by atoms with van der Waals surface area (Å²) in [6, 6.07) is 15.0. The number of nitrogens with one attached hydrogen (secondary N) is 1. The highest BCUT2D eigenvalue weighted by Gasteiger charge is 2.28. The number of benzodiazepines with no additional fused rings is 1. The number of hydrogen-bond acceptors (Lipinski definition) is 4. The maximum absolute atomic E-state index is 12.5. The van der Waals surface area contributed by atoms with Crippen LogP contribution in [0.3, 0.4) is 0 Å². The number of halogens is 1. The monoisotopic (exact) mass is 400 g/mol. The predicted octanol–water partition coefficient (Wildman–Crippen LogP) is 3.91. The fraction of sp³-hybridized carbons (Fsp3) is 0.211. The van der Waals surface area contributed by atoms with Gasteiger partial charge in [-0.05, 0) is 24.6 Å². The van der Waals surface area contributed by atoms with Crippen molar-refractivity contribution in [2.75, 3.05) is 5.32 Å². The highest BCUT2D eigenvalue weighted by atomic mass is 79.9. The topological polar surface area (TPSA) is 67.8 Å². The van der Waals surface area contributed by atoms with Crippen molar-refractivity contribution in [3.05, 3.63) is 64.1 Å². The Morgan fingerprint density at radius 3 is 2.72 bits per heavy atom. The van der Waals surface area contributed by atoms with Crippen LogP contribution in [-0.2, 0) is 14.3 Å². The minimum absolute atomic E-state index is 0.248. The lowest BCUT2D eigenvalue weighted by molar-refractivity contribution is -0.153. The molecular weight excluding hydrogens is 384 g/mol. The lowest BCUT2D eigenvalue weighted by atomic mass is 10.0. The summed E-state index contributed by atoms with van der Waals surface area (Å²) in [6.45, 7) is 1.88. The van der Waals surface area contributed by atoms with Crippen molar-refractivity contribution in [1.29, 1.82) is 0 Å². The minimum Gasteiger partial charge on any atom is -0.430 e. The molecule has 0 spiro atoms. The van der Waals surface area contributed by atoms with Crippen LogP contribution in [0.25, 0.3) is 0 Å². The van der Waals surface area contributed by atoms with Crippen molar-refractivity contribution in [2.45, 2.75) is 26.0 Å². The van der Waals surface area contributed by atoms with Gasteiger partial charge in [-0.15, -0.1) is 0 Å². The second kappa shape index (κ2) is 7.61. The van der Waals surface area contributed by atoms with E-state index < -0.39 is 18.1 Å². The van der Waals surface area contributed by atoms with E-state index in [2.05, 4.69) is 26.2 Å². The third-order valence-electron chi connectivity index (χ3n) is 3.71. The van der Waals surface area contributed by atoms with Gasteiger partial charge in [0.15, 0.2) is 0 Å². The summed E-state index contributed by atoms with van der Waals surface area (Å²) in [7, 11) is 0. The molecular formula is C19H17BrN2O3. The van der Waals surface area contributed by atoms with Crippen LogP contribution in [0.4, 0.5) is 5.69 Å². The molecule has 2 aromatic rings. The second-order valence-corrected chi connectivity index (χ2v) is 6.53. The van der Waals surface area contributed by atoms with E-state index in [1.165, 1.54) is 0 Å². The van der Waals surface area contributed by atoms with Gasteiger partial charge in [-0.25, -0.2) is 4.99 Å². The zero-order valence-electron chi connectivity index (χ0n) is 13.7. The summed E-state index contributed by atoms with van der Waals surface area (Å²) in [5.41, 5.74) is 2.84. The van der Waals surface area contributed by atoms with Crippen molar-refractivity contribution < 1.29 is 14.3 Å². The number of ether oxygens (including phenoxy) is 1. The standard InChI is InChI=1S/C19H17BrN2O3/c1-2-6-16(23)25-19-18(24)21-15-10-9-13(20)11-14(15)17(22-19)12-7-4-3-5-8-12/h3-5,7-11,19H,2,6H2,1H3,(H,21,24). The van der Waals surface area contributed by atoms with E-state index in [0.29, 0.717) is 17.8 Å². The molecule has 1 N–H and O–H groups in total. The van der Waals surface area contributed by atoms with Crippen molar-refractivity contribution in [1.82, 2.24) is 0 Å². The van der Waals surface area contributed by atoms with E-state index in [1.54, 1.807) is 6.07 Å². The van der Waals surface area contributed by atoms with Gasteiger partial charge >= 0.3 is 5.97 Å². The van der Waals surface area contributed by atoms with Crippen LogP contribution in [-0.4, -0.2) is 23.8 Å². The average Bonchev–Trinajstić information content (AvgIpc) is 2.73. The van der Waals surface area contributed by atoms with Gasteiger partial charge in [0.05, 0.1) is 11.4 Å². The Labute approximate surface area is 154 Å². The Bertz CT molecular complexity index is 834. The maximum atomic E-state index is 12.5. The summed E-state index contributed by atoms with van der Waals surface area (Å²) in [6.07, 6.45) is -0.311. The Kier molecular flexibility index (Phi) is 5.28. The largest absolute Gasteiger partial charge is 0.430 e. The molecule has 1 aliphatic rings. The van der Waals surface area contributed by atoms with Gasteiger partial charge in [0.1, 0.15) is 0 Å². The second-order valence-electron chi connectivity index (χ2n) is 5.62. The molecule has 1 atom stereocenters. The molecule has 0 saturated carbocycles. The van der Waals surface area contributed by atoms with Gasteiger partial charge in [-0.3, -0.25) is 9.59 Å². The number of rotatable bonds is 4. The number of fused-ring (bicyclic) bond motifs is 1. The number of anilines is 1. The fourth-order valence-electron chi connectivity index (χ4n) is 2.55. The normalized spacial score (nSPS) is 16.3. The average molecular weight is 401 g/mol. The molecule has 0 saturated heterocycles. The Morgan fingerprint density at radius 1 is 1.24 bits per heavy atom. The van der Waals surface area contributed by atoms with Crippen molar-refractivity contribution in [2.24, 2.45) is 4.99 Å². The molecule has 0 aliphatic carbocycles. The first-order chi connectivity index (χ1) is 12.1. The summed E-state index contributed by atoms with van der Waals surface area (Å²) in [4.78, 5) is 28.8. The first-order valence-corrected chi connectivity index (χ1v) is 8.81. The molecule has 0 fully saturated rings. The number of aliphatic imine (C=N–C) groups is 1. The van der Waals surface area contributed by atoms with Gasteiger partial charge in [-0.1, -0.05) is 53.2 Å². The SMILES string of the molecule is CCCC(=O)OC1N=C(c2ccccc2)c2cc(Br)ccc2NC1=O. The van der Waals surface area contributed by atoms with Gasteiger partial charge in [0.2, 0.25) is 0 Å². The first-order valence-electron chi connectivity index (χ1n) is 8.02. The van der Waals surface area contributed by atoms with Gasteiger partial charge in [0, 0.05) is 22.0 Å². The van der Waals surface area contributed by atoms with Gasteiger partial charge in [-0.2, -0.15) is 0 Å². The summed E-state index contributed by atoms with van der Waals surface area (Å²) in [5, 5.41) is 2.80. The van der Waals surface area contributed by atoms with E-state index >= 15 is 0 Å². The van der Waals surface area contributed by atoms with E-state index in [4.69, 9.17) is 4.74 Å². The molecule has 1 unspecified atom stereocenters. The third-order valence-corrected chi connectivity index (χ3v) is 4.20. The van der Waals surface area contributed by atoms with E-state index in [9.17, 15) is 9.59 Å². The zero-order chi connectivity index (χ0) is 17.8.